The smallest absolute Gasteiger partial charge is 0.276 e. The van der Waals surface area contributed by atoms with E-state index >= 15 is 0 Å². The Bertz CT molecular complexity index is 1190. The van der Waals surface area contributed by atoms with Gasteiger partial charge in [0, 0.05) is 23.5 Å². The van der Waals surface area contributed by atoms with Crippen LogP contribution in [0.25, 0.3) is 11.4 Å². The van der Waals surface area contributed by atoms with Crippen molar-refractivity contribution in [2.24, 2.45) is 0 Å². The Morgan fingerprint density at radius 2 is 1.72 bits per heavy atom. The molecule has 0 unspecified atom stereocenters. The first kappa shape index (κ1) is 22.1. The molecular formula is C24H28N4O3S. The van der Waals surface area contributed by atoms with Gasteiger partial charge < -0.3 is 9.88 Å². The van der Waals surface area contributed by atoms with Crippen LogP contribution in [0.1, 0.15) is 48.8 Å². The number of nitrogens with zero attached hydrogens (tertiary/aromatic N) is 2. The summed E-state index contributed by atoms with van der Waals surface area (Å²) in [5, 5.41) is 2.92. The molecule has 0 saturated heterocycles. The molecule has 0 aliphatic carbocycles. The molecule has 2 heterocycles. The van der Waals surface area contributed by atoms with Gasteiger partial charge in [-0.3, -0.25) is 9.52 Å². The Balaban J connectivity index is 1.57. The van der Waals surface area contributed by atoms with E-state index in [0.717, 1.165) is 49.3 Å². The van der Waals surface area contributed by atoms with E-state index in [9.17, 15) is 13.2 Å². The lowest BCUT2D eigenvalue weighted by atomic mass is 10.1. The van der Waals surface area contributed by atoms with Gasteiger partial charge in [0.2, 0.25) is 10.0 Å². The maximum Gasteiger partial charge on any atom is 0.276 e. The first-order chi connectivity index (χ1) is 15.5. The van der Waals surface area contributed by atoms with Gasteiger partial charge in [-0.1, -0.05) is 43.7 Å². The summed E-state index contributed by atoms with van der Waals surface area (Å²) in [5.74, 6) is 0.645. The molecule has 1 amide bonds. The third-order valence-corrected chi connectivity index (χ3v) is 7.00. The van der Waals surface area contributed by atoms with Crippen molar-refractivity contribution in [1.82, 2.24) is 9.55 Å². The van der Waals surface area contributed by atoms with Crippen molar-refractivity contribution in [3.8, 4) is 11.4 Å². The molecule has 3 aromatic rings. The quantitative estimate of drug-likeness (QED) is 0.544. The number of carbonyl (C=O) groups is 1. The van der Waals surface area contributed by atoms with Crippen molar-refractivity contribution in [2.45, 2.75) is 45.6 Å². The van der Waals surface area contributed by atoms with Gasteiger partial charge in [-0.2, -0.15) is 0 Å². The van der Waals surface area contributed by atoms with Gasteiger partial charge >= 0.3 is 0 Å². The van der Waals surface area contributed by atoms with E-state index in [4.69, 9.17) is 4.98 Å². The van der Waals surface area contributed by atoms with Crippen molar-refractivity contribution in [3.63, 3.8) is 0 Å². The highest BCUT2D eigenvalue weighted by molar-refractivity contribution is 7.92. The third kappa shape index (κ3) is 5.02. The number of aromatic nitrogens is 2. The van der Waals surface area contributed by atoms with E-state index in [2.05, 4.69) is 14.6 Å². The van der Waals surface area contributed by atoms with Crippen LogP contribution in [0.3, 0.4) is 0 Å². The fourth-order valence-electron chi connectivity index (χ4n) is 4.02. The van der Waals surface area contributed by atoms with E-state index in [1.807, 2.05) is 37.3 Å². The molecular weight excluding hydrogens is 424 g/mol. The highest BCUT2D eigenvalue weighted by Gasteiger charge is 2.24. The molecule has 0 fully saturated rings. The molecule has 0 bridgehead atoms. The SMILES string of the molecule is CCCS(=O)(=O)Nc1ccc(NC(=O)c2nc(-c3ccccc3)n3c2CCCCC3)cc1. The molecule has 1 aliphatic rings. The van der Waals surface area contributed by atoms with Crippen LogP contribution in [-0.4, -0.2) is 29.6 Å². The number of amides is 1. The van der Waals surface area contributed by atoms with Crippen LogP contribution in [0.5, 0.6) is 0 Å². The second-order valence-corrected chi connectivity index (χ2v) is 9.85. The van der Waals surface area contributed by atoms with Crippen LogP contribution in [0.4, 0.5) is 11.4 Å². The van der Waals surface area contributed by atoms with Gasteiger partial charge in [0.25, 0.3) is 5.91 Å². The standard InChI is InChI=1S/C24H28N4O3S/c1-2-17-32(30,31)27-20-14-12-19(13-15-20)25-24(29)22-21-11-7-4-8-16-28(21)23(26-22)18-9-5-3-6-10-18/h3,5-6,9-10,12-15,27H,2,4,7-8,11,16-17H2,1H3,(H,25,29). The number of anilines is 2. The van der Waals surface area contributed by atoms with Gasteiger partial charge in [0.15, 0.2) is 0 Å². The third-order valence-electron chi connectivity index (χ3n) is 5.50. The number of nitrogens with one attached hydrogen (secondary N) is 2. The van der Waals surface area contributed by atoms with Crippen molar-refractivity contribution in [3.05, 3.63) is 66.0 Å². The fourth-order valence-corrected chi connectivity index (χ4v) is 5.16. The average molecular weight is 453 g/mol. The minimum Gasteiger partial charge on any atom is -0.327 e. The number of imidazole rings is 1. The van der Waals surface area contributed by atoms with Crippen LogP contribution in [-0.2, 0) is 23.0 Å². The van der Waals surface area contributed by atoms with Gasteiger partial charge in [-0.15, -0.1) is 0 Å². The highest BCUT2D eigenvalue weighted by atomic mass is 32.2. The van der Waals surface area contributed by atoms with Crippen LogP contribution >= 0.6 is 0 Å². The Hall–Kier alpha value is -3.13. The lowest BCUT2D eigenvalue weighted by Gasteiger charge is -2.10. The Morgan fingerprint density at radius 3 is 2.44 bits per heavy atom. The second kappa shape index (κ2) is 9.56. The largest absolute Gasteiger partial charge is 0.327 e. The van der Waals surface area contributed by atoms with Crippen LogP contribution in [0.15, 0.2) is 54.6 Å². The summed E-state index contributed by atoms with van der Waals surface area (Å²) in [4.78, 5) is 17.9. The van der Waals surface area contributed by atoms with Gasteiger partial charge in [0.1, 0.15) is 11.5 Å². The summed E-state index contributed by atoms with van der Waals surface area (Å²) in [6, 6.07) is 16.6. The monoisotopic (exact) mass is 452 g/mol. The number of benzene rings is 2. The first-order valence-electron chi connectivity index (χ1n) is 11.0. The second-order valence-electron chi connectivity index (χ2n) is 8.01. The molecule has 2 aromatic carbocycles. The molecule has 7 nitrogen and oxygen atoms in total. The molecule has 2 N–H and O–H groups in total. The zero-order chi connectivity index (χ0) is 22.6. The average Bonchev–Trinajstić information content (AvgIpc) is 2.96. The van der Waals surface area contributed by atoms with E-state index in [1.54, 1.807) is 24.3 Å². The molecule has 8 heteroatoms. The van der Waals surface area contributed by atoms with E-state index < -0.39 is 10.0 Å². The topological polar surface area (TPSA) is 93.1 Å². The molecule has 1 aromatic heterocycles. The predicted molar refractivity (Wildman–Crippen MR) is 127 cm³/mol. The molecule has 0 radical (unpaired) electrons. The minimum absolute atomic E-state index is 0.0701. The zero-order valence-electron chi connectivity index (χ0n) is 18.2. The highest BCUT2D eigenvalue weighted by Crippen LogP contribution is 2.28. The maximum atomic E-state index is 13.1. The number of fused-ring (bicyclic) bond motifs is 1. The number of rotatable bonds is 7. The Morgan fingerprint density at radius 1 is 1.00 bits per heavy atom. The molecule has 0 spiro atoms. The normalized spacial score (nSPS) is 13.8. The number of sulfonamides is 1. The van der Waals surface area contributed by atoms with E-state index in [-0.39, 0.29) is 11.7 Å². The van der Waals surface area contributed by atoms with Gasteiger partial charge in [0.05, 0.1) is 11.4 Å². The summed E-state index contributed by atoms with van der Waals surface area (Å²) in [7, 11) is -3.35. The van der Waals surface area contributed by atoms with Crippen LogP contribution in [0.2, 0.25) is 0 Å². The zero-order valence-corrected chi connectivity index (χ0v) is 19.0. The van der Waals surface area contributed by atoms with Gasteiger partial charge in [-0.25, -0.2) is 13.4 Å². The summed E-state index contributed by atoms with van der Waals surface area (Å²) >= 11 is 0. The summed E-state index contributed by atoms with van der Waals surface area (Å²) in [5.41, 5.74) is 3.49. The summed E-state index contributed by atoms with van der Waals surface area (Å²) in [6.45, 7) is 2.67. The van der Waals surface area contributed by atoms with Crippen molar-refractivity contribution in [2.75, 3.05) is 15.8 Å². The molecule has 4 rings (SSSR count). The fraction of sp³-hybridized carbons (Fsp3) is 0.333. The lowest BCUT2D eigenvalue weighted by Crippen LogP contribution is -2.17. The maximum absolute atomic E-state index is 13.1. The number of hydrogen-bond donors (Lipinski definition) is 2. The molecule has 0 saturated carbocycles. The van der Waals surface area contributed by atoms with E-state index in [1.165, 1.54) is 0 Å². The number of carbonyl (C=O) groups excluding carboxylic acids is 1. The van der Waals surface area contributed by atoms with Gasteiger partial charge in [-0.05, 0) is 49.9 Å². The lowest BCUT2D eigenvalue weighted by molar-refractivity contribution is 0.102. The number of hydrogen-bond acceptors (Lipinski definition) is 4. The van der Waals surface area contributed by atoms with Crippen molar-refractivity contribution < 1.29 is 13.2 Å². The molecule has 32 heavy (non-hydrogen) atoms. The first-order valence-corrected chi connectivity index (χ1v) is 12.7. The minimum atomic E-state index is -3.35. The molecule has 168 valence electrons. The Labute approximate surface area is 188 Å². The summed E-state index contributed by atoms with van der Waals surface area (Å²) in [6.07, 6.45) is 4.60. The molecule has 1 aliphatic heterocycles. The van der Waals surface area contributed by atoms with Crippen LogP contribution < -0.4 is 10.0 Å². The molecule has 0 atom stereocenters. The summed E-state index contributed by atoms with van der Waals surface area (Å²) < 4.78 is 28.6. The van der Waals surface area contributed by atoms with Crippen LogP contribution in [0, 0.1) is 0 Å². The van der Waals surface area contributed by atoms with E-state index in [0.29, 0.717) is 23.5 Å². The van der Waals surface area contributed by atoms with Crippen molar-refractivity contribution in [1.29, 1.82) is 0 Å². The Kier molecular flexibility index (Phi) is 6.60. The predicted octanol–water partition coefficient (Wildman–Crippen LogP) is 4.68. The van der Waals surface area contributed by atoms with Crippen molar-refractivity contribution >= 4 is 27.3 Å².